The van der Waals surface area contributed by atoms with Crippen molar-refractivity contribution >= 4 is 5.69 Å². The van der Waals surface area contributed by atoms with Crippen LogP contribution >= 0.6 is 0 Å². The molecule has 0 aliphatic rings. The molecule has 0 saturated carbocycles. The molecule has 1 aromatic carbocycles. The fourth-order valence-corrected chi connectivity index (χ4v) is 1.73. The van der Waals surface area contributed by atoms with Gasteiger partial charge in [-0.25, -0.2) is 0 Å². The summed E-state index contributed by atoms with van der Waals surface area (Å²) in [6.45, 7) is 1.51. The van der Waals surface area contributed by atoms with Gasteiger partial charge in [0.25, 0.3) is 0 Å². The van der Waals surface area contributed by atoms with Crippen molar-refractivity contribution in [1.29, 1.82) is 0 Å². The van der Waals surface area contributed by atoms with Crippen LogP contribution in [0, 0.1) is 0 Å². The Kier molecular flexibility index (Phi) is 5.02. The molecular weight excluding hydrogens is 243 g/mol. The number of alkyl halides is 3. The zero-order chi connectivity index (χ0) is 13.6. The Labute approximate surface area is 105 Å². The number of rotatable bonds is 6. The molecule has 1 aromatic rings. The van der Waals surface area contributed by atoms with Crippen molar-refractivity contribution in [2.45, 2.75) is 37.9 Å². The minimum absolute atomic E-state index is 0.000390. The molecule has 0 aliphatic heterocycles. The molecule has 0 fully saturated rings. The molecule has 0 amide bonds. The van der Waals surface area contributed by atoms with Gasteiger partial charge >= 0.3 is 6.18 Å². The van der Waals surface area contributed by atoms with Crippen LogP contribution < -0.4 is 5.32 Å². The van der Waals surface area contributed by atoms with Gasteiger partial charge in [-0.15, -0.1) is 0 Å². The lowest BCUT2D eigenvalue weighted by Gasteiger charge is -2.30. The Morgan fingerprint density at radius 3 is 2.22 bits per heavy atom. The van der Waals surface area contributed by atoms with E-state index in [1.54, 1.807) is 6.92 Å². The molecule has 1 rings (SSSR count). The van der Waals surface area contributed by atoms with E-state index in [1.807, 2.05) is 30.3 Å². The third-order valence-corrected chi connectivity index (χ3v) is 2.76. The molecule has 2 nitrogen and oxygen atoms in total. The van der Waals surface area contributed by atoms with Gasteiger partial charge in [0.1, 0.15) is 0 Å². The maximum Gasteiger partial charge on any atom is 0.389 e. The van der Waals surface area contributed by atoms with Crippen LogP contribution in [-0.4, -0.2) is 23.4 Å². The molecular formula is C13H18F3NO. The van der Waals surface area contributed by atoms with Crippen LogP contribution in [0.4, 0.5) is 18.9 Å². The molecule has 0 heterocycles. The number of halogens is 3. The number of hydrogen-bond donors (Lipinski definition) is 2. The van der Waals surface area contributed by atoms with Crippen molar-refractivity contribution < 1.29 is 18.3 Å². The highest BCUT2D eigenvalue weighted by Gasteiger charge is 2.29. The topological polar surface area (TPSA) is 32.3 Å². The van der Waals surface area contributed by atoms with Crippen LogP contribution in [0.15, 0.2) is 30.3 Å². The number of anilines is 1. The van der Waals surface area contributed by atoms with Crippen LogP contribution in [0.2, 0.25) is 0 Å². The minimum Gasteiger partial charge on any atom is -0.394 e. The van der Waals surface area contributed by atoms with E-state index in [2.05, 4.69) is 5.32 Å². The first-order valence-electron chi connectivity index (χ1n) is 5.85. The Balaban J connectivity index is 2.52. The highest BCUT2D eigenvalue weighted by molar-refractivity contribution is 5.44. The summed E-state index contributed by atoms with van der Waals surface area (Å²) in [5, 5.41) is 12.4. The lowest BCUT2D eigenvalue weighted by molar-refractivity contribution is -0.136. The summed E-state index contributed by atoms with van der Waals surface area (Å²) in [7, 11) is 0. The van der Waals surface area contributed by atoms with E-state index < -0.39 is 18.1 Å². The number of benzene rings is 1. The molecule has 0 aromatic heterocycles. The van der Waals surface area contributed by atoms with E-state index >= 15 is 0 Å². The summed E-state index contributed by atoms with van der Waals surface area (Å²) in [6.07, 6.45) is -4.69. The maximum absolute atomic E-state index is 12.1. The fourth-order valence-electron chi connectivity index (χ4n) is 1.73. The van der Waals surface area contributed by atoms with E-state index in [-0.39, 0.29) is 19.4 Å². The van der Waals surface area contributed by atoms with Crippen LogP contribution in [0.25, 0.3) is 0 Å². The van der Waals surface area contributed by atoms with Crippen LogP contribution in [0.1, 0.15) is 26.2 Å². The summed E-state index contributed by atoms with van der Waals surface area (Å²) in [6, 6.07) is 9.14. The monoisotopic (exact) mass is 261 g/mol. The smallest absolute Gasteiger partial charge is 0.389 e. The standard InChI is InChI=1S/C13H18F3NO/c1-12(10-18,8-5-9-13(14,15)16)17-11-6-3-2-4-7-11/h2-4,6-7,17-18H,5,8-10H2,1H3. The fraction of sp³-hybridized carbons (Fsp3) is 0.538. The summed E-state index contributed by atoms with van der Waals surface area (Å²) < 4.78 is 36.2. The van der Waals surface area contributed by atoms with Crippen molar-refractivity contribution in [3.63, 3.8) is 0 Å². The highest BCUT2D eigenvalue weighted by Crippen LogP contribution is 2.26. The second kappa shape index (κ2) is 6.09. The first kappa shape index (κ1) is 14.8. The lowest BCUT2D eigenvalue weighted by atomic mass is 9.95. The molecule has 0 saturated heterocycles. The van der Waals surface area contributed by atoms with Gasteiger partial charge in [0.05, 0.1) is 12.1 Å². The summed E-state index contributed by atoms with van der Waals surface area (Å²) in [5.41, 5.74) is 0.0631. The van der Waals surface area contributed by atoms with Crippen molar-refractivity contribution in [3.05, 3.63) is 30.3 Å². The number of aliphatic hydroxyl groups excluding tert-OH is 1. The predicted molar refractivity (Wildman–Crippen MR) is 65.5 cm³/mol. The van der Waals surface area contributed by atoms with Crippen molar-refractivity contribution in [2.75, 3.05) is 11.9 Å². The third-order valence-electron chi connectivity index (χ3n) is 2.76. The van der Waals surface area contributed by atoms with Crippen molar-refractivity contribution in [1.82, 2.24) is 0 Å². The summed E-state index contributed by atoms with van der Waals surface area (Å²) in [5.74, 6) is 0. The highest BCUT2D eigenvalue weighted by atomic mass is 19.4. The first-order valence-corrected chi connectivity index (χ1v) is 5.85. The Hall–Kier alpha value is -1.23. The average Bonchev–Trinajstić information content (AvgIpc) is 2.28. The third kappa shape index (κ3) is 5.40. The van der Waals surface area contributed by atoms with Crippen molar-refractivity contribution in [3.8, 4) is 0 Å². The zero-order valence-electron chi connectivity index (χ0n) is 10.3. The maximum atomic E-state index is 12.1. The lowest BCUT2D eigenvalue weighted by Crippen LogP contribution is -2.39. The Morgan fingerprint density at radius 1 is 1.11 bits per heavy atom. The van der Waals surface area contributed by atoms with E-state index in [0.717, 1.165) is 5.69 Å². The number of aliphatic hydroxyl groups is 1. The molecule has 102 valence electrons. The molecule has 0 aliphatic carbocycles. The van der Waals surface area contributed by atoms with E-state index in [9.17, 15) is 18.3 Å². The zero-order valence-corrected chi connectivity index (χ0v) is 10.3. The number of nitrogens with one attached hydrogen (secondary N) is 1. The van der Waals surface area contributed by atoms with Crippen LogP contribution in [0.3, 0.4) is 0 Å². The molecule has 0 bridgehead atoms. The molecule has 18 heavy (non-hydrogen) atoms. The van der Waals surface area contributed by atoms with E-state index in [4.69, 9.17) is 0 Å². The molecule has 5 heteroatoms. The molecule has 0 spiro atoms. The normalized spacial score (nSPS) is 15.2. The summed E-state index contributed by atoms with van der Waals surface area (Å²) in [4.78, 5) is 0. The van der Waals surface area contributed by atoms with Crippen LogP contribution in [0.5, 0.6) is 0 Å². The van der Waals surface area contributed by atoms with Crippen LogP contribution in [-0.2, 0) is 0 Å². The Bertz CT molecular complexity index is 353. The molecule has 0 radical (unpaired) electrons. The van der Waals surface area contributed by atoms with Gasteiger partial charge in [0, 0.05) is 12.1 Å². The predicted octanol–water partition coefficient (Wildman–Crippen LogP) is 3.58. The SMILES string of the molecule is CC(CO)(CCCC(F)(F)F)Nc1ccccc1. The van der Waals surface area contributed by atoms with Crippen molar-refractivity contribution in [2.24, 2.45) is 0 Å². The quantitative estimate of drug-likeness (QED) is 0.820. The number of para-hydroxylation sites is 1. The molecule has 1 atom stereocenters. The Morgan fingerprint density at radius 2 is 1.72 bits per heavy atom. The largest absolute Gasteiger partial charge is 0.394 e. The molecule has 2 N–H and O–H groups in total. The van der Waals surface area contributed by atoms with Gasteiger partial charge in [0.2, 0.25) is 0 Å². The summed E-state index contributed by atoms with van der Waals surface area (Å²) >= 11 is 0. The van der Waals surface area contributed by atoms with Gasteiger partial charge < -0.3 is 10.4 Å². The van der Waals surface area contributed by atoms with Gasteiger partial charge in [-0.2, -0.15) is 13.2 Å². The minimum atomic E-state index is -4.14. The van der Waals surface area contributed by atoms with Gasteiger partial charge in [0.15, 0.2) is 0 Å². The van der Waals surface area contributed by atoms with E-state index in [1.165, 1.54) is 0 Å². The van der Waals surface area contributed by atoms with Gasteiger partial charge in [-0.1, -0.05) is 18.2 Å². The van der Waals surface area contributed by atoms with Gasteiger partial charge in [-0.3, -0.25) is 0 Å². The average molecular weight is 261 g/mol. The van der Waals surface area contributed by atoms with Gasteiger partial charge in [-0.05, 0) is 31.9 Å². The first-order chi connectivity index (χ1) is 8.35. The van der Waals surface area contributed by atoms with E-state index in [0.29, 0.717) is 0 Å². The second-order valence-electron chi connectivity index (χ2n) is 4.68. The molecule has 1 unspecified atom stereocenters. The number of hydrogen-bond acceptors (Lipinski definition) is 2. The second-order valence-corrected chi connectivity index (χ2v) is 4.68.